The Kier molecular flexibility index (Phi) is 6.93. The molecule has 1 atom stereocenters. The minimum absolute atomic E-state index is 0.116. The van der Waals surface area contributed by atoms with E-state index in [0.29, 0.717) is 4.88 Å². The summed E-state index contributed by atoms with van der Waals surface area (Å²) < 4.78 is 62.2. The fourth-order valence-corrected chi connectivity index (χ4v) is 4.08. The molecule has 3 aromatic rings. The van der Waals surface area contributed by atoms with Gasteiger partial charge in [-0.25, -0.2) is 13.9 Å². The van der Waals surface area contributed by atoms with E-state index in [9.17, 15) is 22.2 Å². The first kappa shape index (κ1) is 23.4. The molecule has 0 aliphatic heterocycles. The highest BCUT2D eigenvalue weighted by atomic mass is 32.2. The lowest BCUT2D eigenvalue weighted by molar-refractivity contribution is -0.137. The first-order valence-electron chi connectivity index (χ1n) is 8.92. The average molecular weight is 480 g/mol. The van der Waals surface area contributed by atoms with Gasteiger partial charge in [0.2, 0.25) is 0 Å². The fourth-order valence-electron chi connectivity index (χ4n) is 2.90. The van der Waals surface area contributed by atoms with Gasteiger partial charge in [0, 0.05) is 10.6 Å². The zero-order valence-corrected chi connectivity index (χ0v) is 18.0. The Morgan fingerprint density at radius 2 is 1.97 bits per heavy atom. The summed E-state index contributed by atoms with van der Waals surface area (Å²) in [6, 6.07) is 13.8. The lowest BCUT2D eigenvalue weighted by Crippen LogP contribution is -2.26. The first-order chi connectivity index (χ1) is 15.1. The number of aryl methyl sites for hydroxylation is 1. The van der Waals surface area contributed by atoms with E-state index in [1.165, 1.54) is 11.0 Å². The van der Waals surface area contributed by atoms with Gasteiger partial charge in [-0.05, 0) is 30.7 Å². The van der Waals surface area contributed by atoms with Crippen LogP contribution < -0.4 is 9.62 Å². The molecule has 0 bridgehead atoms. The van der Waals surface area contributed by atoms with Crippen molar-refractivity contribution in [1.29, 1.82) is 5.26 Å². The van der Waals surface area contributed by atoms with E-state index in [1.807, 2.05) is 4.72 Å². The van der Waals surface area contributed by atoms with Crippen molar-refractivity contribution in [2.24, 2.45) is 0 Å². The number of hydrogen-bond donors (Lipinski definition) is 2. The van der Waals surface area contributed by atoms with Crippen molar-refractivity contribution < 1.29 is 26.7 Å². The van der Waals surface area contributed by atoms with Crippen LogP contribution in [0.4, 0.5) is 24.0 Å². The summed E-state index contributed by atoms with van der Waals surface area (Å²) in [7, 11) is 0. The number of benzene rings is 2. The van der Waals surface area contributed by atoms with Gasteiger partial charge in [-0.1, -0.05) is 30.3 Å². The molecular weight excluding hydrogens is 465 g/mol. The summed E-state index contributed by atoms with van der Waals surface area (Å²) in [6.45, 7) is 1.70. The molecule has 0 fully saturated rings. The molecule has 0 saturated heterocycles. The molecule has 1 aromatic heterocycles. The normalized spacial score (nSPS) is 12.1. The van der Waals surface area contributed by atoms with Crippen LogP contribution in [0.1, 0.15) is 32.1 Å². The fraction of sp³-hybridized carbons (Fsp3) is 0.150. The number of nitriles is 1. The molecule has 166 valence electrons. The van der Waals surface area contributed by atoms with Gasteiger partial charge < -0.3 is 4.90 Å². The number of aromatic nitrogens is 1. The van der Waals surface area contributed by atoms with E-state index in [-0.39, 0.29) is 23.1 Å². The van der Waals surface area contributed by atoms with Crippen LogP contribution in [0.2, 0.25) is 0 Å². The third-order valence-corrected chi connectivity index (χ3v) is 5.69. The Morgan fingerprint density at radius 1 is 1.28 bits per heavy atom. The second kappa shape index (κ2) is 9.47. The molecule has 2 aromatic carbocycles. The van der Waals surface area contributed by atoms with Crippen LogP contribution in [0.3, 0.4) is 0 Å². The lowest BCUT2D eigenvalue weighted by atomic mass is 10.1. The Hall–Kier alpha value is -3.27. The molecular formula is C20H15F3N4O3S2. The van der Waals surface area contributed by atoms with E-state index < -0.39 is 34.5 Å². The third kappa shape index (κ3) is 5.31. The molecule has 12 heteroatoms. The molecule has 7 nitrogen and oxygen atoms in total. The zero-order valence-electron chi connectivity index (χ0n) is 16.4. The van der Waals surface area contributed by atoms with Gasteiger partial charge in [-0.3, -0.25) is 9.35 Å². The molecule has 0 aliphatic rings. The minimum Gasteiger partial charge on any atom is -0.313 e. The highest BCUT2D eigenvalue weighted by molar-refractivity contribution is 7.77. The van der Waals surface area contributed by atoms with Crippen LogP contribution in [0.15, 0.2) is 48.5 Å². The summed E-state index contributed by atoms with van der Waals surface area (Å²) in [6.07, 6.45) is -4.74. The molecule has 1 heterocycles. The Bertz CT molecular complexity index is 1210. The molecule has 0 aliphatic carbocycles. The van der Waals surface area contributed by atoms with Crippen molar-refractivity contribution in [3.63, 3.8) is 0 Å². The maximum absolute atomic E-state index is 13.5. The number of amides is 1. The maximum atomic E-state index is 13.5. The number of carbonyl (C=O) groups is 1. The van der Waals surface area contributed by atoms with Crippen LogP contribution in [0.25, 0.3) is 0 Å². The molecule has 0 spiro atoms. The predicted molar refractivity (Wildman–Crippen MR) is 114 cm³/mol. The average Bonchev–Trinajstić information content (AvgIpc) is 3.12. The summed E-state index contributed by atoms with van der Waals surface area (Å²) >= 11 is -1.55. The molecule has 3 rings (SSSR count). The Balaban J connectivity index is 2.12. The number of alkyl halides is 3. The second-order valence-corrected chi connectivity index (χ2v) is 8.38. The molecule has 2 N–H and O–H groups in total. The van der Waals surface area contributed by atoms with Gasteiger partial charge in [0.25, 0.3) is 17.2 Å². The number of anilines is 2. The van der Waals surface area contributed by atoms with Crippen LogP contribution >= 0.6 is 11.3 Å². The van der Waals surface area contributed by atoms with Gasteiger partial charge in [0.15, 0.2) is 5.13 Å². The van der Waals surface area contributed by atoms with Gasteiger partial charge in [0.1, 0.15) is 5.69 Å². The lowest BCUT2D eigenvalue weighted by Gasteiger charge is -2.23. The van der Waals surface area contributed by atoms with E-state index in [2.05, 4.69) is 4.98 Å². The summed E-state index contributed by atoms with van der Waals surface area (Å²) in [4.78, 5) is 18.3. The first-order valence-corrected chi connectivity index (χ1v) is 10.8. The van der Waals surface area contributed by atoms with Crippen molar-refractivity contribution >= 4 is 39.3 Å². The highest BCUT2D eigenvalue weighted by Gasteiger charge is 2.34. The van der Waals surface area contributed by atoms with Crippen molar-refractivity contribution in [3.8, 4) is 6.07 Å². The molecule has 1 unspecified atom stereocenters. The smallest absolute Gasteiger partial charge is 0.313 e. The van der Waals surface area contributed by atoms with Gasteiger partial charge in [0.05, 0.1) is 23.7 Å². The number of carbonyl (C=O) groups excluding carboxylic acids is 1. The minimum atomic E-state index is -4.74. The predicted octanol–water partition coefficient (Wildman–Crippen LogP) is 4.55. The monoisotopic (exact) mass is 480 g/mol. The van der Waals surface area contributed by atoms with Crippen molar-refractivity contribution in [2.75, 3.05) is 4.90 Å². The number of thiazole rings is 1. The van der Waals surface area contributed by atoms with Gasteiger partial charge in [-0.2, -0.15) is 18.4 Å². The number of hydrogen-bond acceptors (Lipinski definition) is 6. The summed E-state index contributed by atoms with van der Waals surface area (Å²) in [5, 5.41) is 9.28. The molecule has 0 saturated carbocycles. The standard InChI is InChI=1S/C20H15F3N4O3S2/c1-12-17(18(28)26-32(29)30)25-19(31-12)27(11-13-5-3-2-4-6-13)15-8-7-14(10-24)16(9-15)20(21,22)23/h2-9H,11H2,1H3,(H,26,28)(H,29,30). The Morgan fingerprint density at radius 3 is 2.56 bits per heavy atom. The maximum Gasteiger partial charge on any atom is 0.417 e. The number of nitrogens with zero attached hydrogens (tertiary/aromatic N) is 3. The third-order valence-electron chi connectivity index (χ3n) is 4.34. The van der Waals surface area contributed by atoms with Crippen LogP contribution in [0.5, 0.6) is 0 Å². The number of rotatable bonds is 6. The molecule has 32 heavy (non-hydrogen) atoms. The summed E-state index contributed by atoms with van der Waals surface area (Å²) in [5.41, 5.74) is -0.832. The van der Waals surface area contributed by atoms with Gasteiger partial charge >= 0.3 is 6.18 Å². The highest BCUT2D eigenvalue weighted by Crippen LogP contribution is 2.38. The van der Waals surface area contributed by atoms with E-state index in [4.69, 9.17) is 9.81 Å². The zero-order chi connectivity index (χ0) is 23.5. The van der Waals surface area contributed by atoms with Crippen molar-refractivity contribution in [2.45, 2.75) is 19.6 Å². The largest absolute Gasteiger partial charge is 0.417 e. The van der Waals surface area contributed by atoms with Crippen molar-refractivity contribution in [1.82, 2.24) is 9.71 Å². The number of nitrogens with one attached hydrogen (secondary N) is 1. The Labute approximate surface area is 187 Å². The quantitative estimate of drug-likeness (QED) is 0.502. The van der Waals surface area contributed by atoms with E-state index in [1.54, 1.807) is 43.3 Å². The van der Waals surface area contributed by atoms with E-state index >= 15 is 0 Å². The van der Waals surface area contributed by atoms with Crippen LogP contribution in [0, 0.1) is 18.3 Å². The van der Waals surface area contributed by atoms with Gasteiger partial charge in [-0.15, -0.1) is 11.3 Å². The molecule has 0 radical (unpaired) electrons. The van der Waals surface area contributed by atoms with Crippen LogP contribution in [-0.2, 0) is 24.0 Å². The SMILES string of the molecule is Cc1sc(N(Cc2ccccc2)c2ccc(C#N)c(C(F)(F)F)c2)nc1C(=O)NS(=O)O. The topological polar surface area (TPSA) is 106 Å². The second-order valence-electron chi connectivity index (χ2n) is 6.49. The summed E-state index contributed by atoms with van der Waals surface area (Å²) in [5.74, 6) is -0.888. The van der Waals surface area contributed by atoms with Crippen molar-refractivity contribution in [3.05, 3.63) is 75.8 Å². The van der Waals surface area contributed by atoms with E-state index in [0.717, 1.165) is 29.0 Å². The number of halogens is 3. The molecule has 1 amide bonds. The van der Waals surface area contributed by atoms with Crippen LogP contribution in [-0.4, -0.2) is 19.7 Å².